The Labute approximate surface area is 105 Å². The van der Waals surface area contributed by atoms with Gasteiger partial charge in [0.15, 0.2) is 0 Å². The molecule has 0 heterocycles. The van der Waals surface area contributed by atoms with E-state index in [0.717, 1.165) is 5.75 Å². The topological polar surface area (TPSA) is 55.4 Å². The van der Waals surface area contributed by atoms with Crippen LogP contribution in [-0.4, -0.2) is 17.8 Å². The Bertz CT molecular complexity index is 389. The van der Waals surface area contributed by atoms with E-state index >= 15 is 0 Å². The van der Waals surface area contributed by atoms with Gasteiger partial charge in [0.2, 0.25) is 11.1 Å². The van der Waals surface area contributed by atoms with Crippen molar-refractivity contribution in [3.05, 3.63) is 24.3 Å². The SMILES string of the molecule is CCOc1ccc(NC(=O)CCC(=O)Cl)cc1. The van der Waals surface area contributed by atoms with Crippen LogP contribution in [0.15, 0.2) is 24.3 Å². The second-order valence-electron chi connectivity index (χ2n) is 3.36. The van der Waals surface area contributed by atoms with Crippen molar-refractivity contribution in [2.75, 3.05) is 11.9 Å². The second kappa shape index (κ2) is 6.91. The Balaban J connectivity index is 2.45. The summed E-state index contributed by atoms with van der Waals surface area (Å²) in [6.45, 7) is 2.50. The number of hydrogen-bond donors (Lipinski definition) is 1. The lowest BCUT2D eigenvalue weighted by atomic mass is 10.2. The summed E-state index contributed by atoms with van der Waals surface area (Å²) in [6.07, 6.45) is 0.139. The number of carbonyl (C=O) groups is 2. The number of amides is 1. The van der Waals surface area contributed by atoms with Gasteiger partial charge in [-0.15, -0.1) is 0 Å². The number of ether oxygens (including phenoxy) is 1. The maximum Gasteiger partial charge on any atom is 0.224 e. The van der Waals surface area contributed by atoms with Crippen molar-refractivity contribution in [1.29, 1.82) is 0 Å². The fourth-order valence-electron chi connectivity index (χ4n) is 1.24. The molecule has 0 radical (unpaired) electrons. The van der Waals surface area contributed by atoms with Crippen LogP contribution in [0.5, 0.6) is 5.75 Å². The van der Waals surface area contributed by atoms with E-state index in [0.29, 0.717) is 12.3 Å². The van der Waals surface area contributed by atoms with Gasteiger partial charge in [-0.05, 0) is 42.8 Å². The highest BCUT2D eigenvalue weighted by Gasteiger charge is 2.05. The van der Waals surface area contributed by atoms with Crippen LogP contribution in [0, 0.1) is 0 Å². The van der Waals surface area contributed by atoms with E-state index < -0.39 is 5.24 Å². The molecule has 1 aromatic rings. The molecule has 17 heavy (non-hydrogen) atoms. The first-order valence-corrected chi connectivity index (χ1v) is 5.70. The van der Waals surface area contributed by atoms with Gasteiger partial charge in [0.25, 0.3) is 0 Å². The average Bonchev–Trinajstić information content (AvgIpc) is 2.29. The molecule has 1 amide bonds. The van der Waals surface area contributed by atoms with E-state index in [1.54, 1.807) is 24.3 Å². The normalized spacial score (nSPS) is 9.76. The highest BCUT2D eigenvalue weighted by Crippen LogP contribution is 2.15. The minimum Gasteiger partial charge on any atom is -0.494 e. The first-order chi connectivity index (χ1) is 8.11. The fourth-order valence-corrected chi connectivity index (χ4v) is 1.33. The number of rotatable bonds is 6. The lowest BCUT2D eigenvalue weighted by molar-refractivity contribution is -0.119. The molecule has 0 aliphatic heterocycles. The van der Waals surface area contributed by atoms with E-state index in [1.165, 1.54) is 0 Å². The molecule has 4 nitrogen and oxygen atoms in total. The van der Waals surface area contributed by atoms with Gasteiger partial charge in [0.05, 0.1) is 6.61 Å². The molecule has 92 valence electrons. The zero-order chi connectivity index (χ0) is 12.7. The van der Waals surface area contributed by atoms with Gasteiger partial charge in [-0.3, -0.25) is 9.59 Å². The summed E-state index contributed by atoms with van der Waals surface area (Å²) >= 11 is 5.14. The van der Waals surface area contributed by atoms with Gasteiger partial charge in [-0.1, -0.05) is 0 Å². The Morgan fingerprint density at radius 2 is 1.88 bits per heavy atom. The summed E-state index contributed by atoms with van der Waals surface area (Å²) < 4.78 is 5.27. The van der Waals surface area contributed by atoms with E-state index in [2.05, 4.69) is 5.32 Å². The Morgan fingerprint density at radius 3 is 2.41 bits per heavy atom. The summed E-state index contributed by atoms with van der Waals surface area (Å²) in [4.78, 5) is 21.9. The van der Waals surface area contributed by atoms with Gasteiger partial charge >= 0.3 is 0 Å². The molecule has 0 spiro atoms. The summed E-state index contributed by atoms with van der Waals surface area (Å²) in [5.74, 6) is 0.518. The first kappa shape index (κ1) is 13.5. The molecule has 5 heteroatoms. The molecular weight excluding hydrogens is 242 g/mol. The summed E-state index contributed by atoms with van der Waals surface area (Å²) in [5.41, 5.74) is 0.667. The van der Waals surface area contributed by atoms with Crippen LogP contribution in [0.3, 0.4) is 0 Å². The third-order valence-electron chi connectivity index (χ3n) is 2.00. The van der Waals surface area contributed by atoms with Crippen molar-refractivity contribution in [3.63, 3.8) is 0 Å². The van der Waals surface area contributed by atoms with Gasteiger partial charge in [-0.2, -0.15) is 0 Å². The zero-order valence-electron chi connectivity index (χ0n) is 9.53. The molecule has 0 saturated carbocycles. The molecule has 0 atom stereocenters. The first-order valence-electron chi connectivity index (χ1n) is 5.33. The fraction of sp³-hybridized carbons (Fsp3) is 0.333. The number of nitrogens with one attached hydrogen (secondary N) is 1. The smallest absolute Gasteiger partial charge is 0.224 e. The highest BCUT2D eigenvalue weighted by molar-refractivity contribution is 6.63. The van der Waals surface area contributed by atoms with E-state index in [4.69, 9.17) is 16.3 Å². The molecule has 0 saturated heterocycles. The molecule has 1 N–H and O–H groups in total. The molecule has 0 aliphatic rings. The highest BCUT2D eigenvalue weighted by atomic mass is 35.5. The van der Waals surface area contributed by atoms with Crippen LogP contribution in [0.25, 0.3) is 0 Å². The van der Waals surface area contributed by atoms with E-state index in [-0.39, 0.29) is 18.7 Å². The second-order valence-corrected chi connectivity index (χ2v) is 3.78. The van der Waals surface area contributed by atoms with E-state index in [1.807, 2.05) is 6.92 Å². The molecule has 1 aromatic carbocycles. The van der Waals surface area contributed by atoms with E-state index in [9.17, 15) is 9.59 Å². The largest absolute Gasteiger partial charge is 0.494 e. The van der Waals surface area contributed by atoms with Crippen molar-refractivity contribution in [1.82, 2.24) is 0 Å². The van der Waals surface area contributed by atoms with Crippen LogP contribution in [0.1, 0.15) is 19.8 Å². The van der Waals surface area contributed by atoms with Crippen LogP contribution in [0.2, 0.25) is 0 Å². The maximum atomic E-state index is 11.4. The zero-order valence-corrected chi connectivity index (χ0v) is 10.3. The summed E-state index contributed by atoms with van der Waals surface area (Å²) in [6, 6.07) is 7.02. The monoisotopic (exact) mass is 255 g/mol. The van der Waals surface area contributed by atoms with Crippen molar-refractivity contribution in [3.8, 4) is 5.75 Å². The summed E-state index contributed by atoms with van der Waals surface area (Å²) in [5, 5.41) is 2.15. The molecule has 0 fully saturated rings. The van der Waals surface area contributed by atoms with Crippen molar-refractivity contribution in [2.45, 2.75) is 19.8 Å². The third-order valence-corrected chi connectivity index (χ3v) is 2.19. The van der Waals surface area contributed by atoms with Crippen molar-refractivity contribution < 1.29 is 14.3 Å². The van der Waals surface area contributed by atoms with Crippen molar-refractivity contribution in [2.24, 2.45) is 0 Å². The van der Waals surface area contributed by atoms with Gasteiger partial charge in [0.1, 0.15) is 5.75 Å². The van der Waals surface area contributed by atoms with Crippen LogP contribution < -0.4 is 10.1 Å². The lowest BCUT2D eigenvalue weighted by Crippen LogP contribution is -2.12. The standard InChI is InChI=1S/C12H14ClNO3/c1-2-17-10-5-3-9(4-6-10)14-12(16)8-7-11(13)15/h3-6H,2,7-8H2,1H3,(H,14,16). The van der Waals surface area contributed by atoms with Crippen LogP contribution in [-0.2, 0) is 9.59 Å². The molecular formula is C12H14ClNO3. The number of anilines is 1. The maximum absolute atomic E-state index is 11.4. The number of carbonyl (C=O) groups excluding carboxylic acids is 2. The number of hydrogen-bond acceptors (Lipinski definition) is 3. The average molecular weight is 256 g/mol. The predicted molar refractivity (Wildman–Crippen MR) is 66.3 cm³/mol. The summed E-state index contributed by atoms with van der Waals surface area (Å²) in [7, 11) is 0. The van der Waals surface area contributed by atoms with Gasteiger partial charge in [0, 0.05) is 18.5 Å². The Morgan fingerprint density at radius 1 is 1.24 bits per heavy atom. The molecule has 0 unspecified atom stereocenters. The number of halogens is 1. The molecule has 1 rings (SSSR count). The molecule has 0 bridgehead atoms. The minimum atomic E-state index is -0.508. The molecule has 0 aromatic heterocycles. The van der Waals surface area contributed by atoms with Crippen LogP contribution >= 0.6 is 11.6 Å². The van der Waals surface area contributed by atoms with Crippen molar-refractivity contribution >= 4 is 28.4 Å². The Hall–Kier alpha value is -1.55. The number of benzene rings is 1. The van der Waals surface area contributed by atoms with Gasteiger partial charge in [-0.25, -0.2) is 0 Å². The quantitative estimate of drug-likeness (QED) is 0.795. The lowest BCUT2D eigenvalue weighted by Gasteiger charge is -2.06. The predicted octanol–water partition coefficient (Wildman–Crippen LogP) is 2.57. The van der Waals surface area contributed by atoms with Crippen LogP contribution in [0.4, 0.5) is 5.69 Å². The van der Waals surface area contributed by atoms with Gasteiger partial charge < -0.3 is 10.1 Å². The molecule has 0 aliphatic carbocycles. The minimum absolute atomic E-state index is 0.0460. The third kappa shape index (κ3) is 5.36. The Kier molecular flexibility index (Phi) is 5.49.